The van der Waals surface area contributed by atoms with Crippen molar-refractivity contribution in [3.63, 3.8) is 0 Å². The smallest absolute Gasteiger partial charge is 0.226 e. The zero-order valence-electron chi connectivity index (χ0n) is 16.2. The molecule has 0 aliphatic rings. The number of nitrogens with zero attached hydrogens (tertiary/aromatic N) is 3. The molecular formula is C24H17N3O3. The maximum atomic E-state index is 12.7. The second-order valence-corrected chi connectivity index (χ2v) is 7.07. The van der Waals surface area contributed by atoms with Gasteiger partial charge in [0.25, 0.3) is 0 Å². The van der Waals surface area contributed by atoms with E-state index in [0.717, 1.165) is 16.8 Å². The summed E-state index contributed by atoms with van der Waals surface area (Å²) in [5, 5.41) is 4.86. The van der Waals surface area contributed by atoms with Crippen molar-refractivity contribution in [2.75, 3.05) is 0 Å². The second-order valence-electron chi connectivity index (χ2n) is 7.07. The number of carbonyl (C=O) groups is 1. The molecule has 0 aliphatic carbocycles. The molecule has 2 aromatic carbocycles. The van der Waals surface area contributed by atoms with Gasteiger partial charge in [-0.3, -0.25) is 9.78 Å². The number of oxazole rings is 1. The number of aryl methyl sites for hydroxylation is 1. The fraction of sp³-hybridized carbons (Fsp3) is 0.0833. The van der Waals surface area contributed by atoms with Crippen molar-refractivity contribution in [3.05, 3.63) is 89.9 Å². The van der Waals surface area contributed by atoms with Gasteiger partial charge in [-0.25, -0.2) is 4.98 Å². The Morgan fingerprint density at radius 2 is 1.90 bits per heavy atom. The van der Waals surface area contributed by atoms with E-state index in [2.05, 4.69) is 15.1 Å². The molecule has 0 radical (unpaired) electrons. The van der Waals surface area contributed by atoms with Crippen LogP contribution >= 0.6 is 0 Å². The Hall–Kier alpha value is -4.06. The SMILES string of the molecule is Cc1ccc(-c2nc(-c3noc4ccc(C(=O)Cc5ccccn5)cc34)co2)cc1. The third-order valence-corrected chi connectivity index (χ3v) is 4.91. The highest BCUT2D eigenvalue weighted by Crippen LogP contribution is 2.30. The van der Waals surface area contributed by atoms with Crippen molar-refractivity contribution in [1.82, 2.24) is 15.1 Å². The lowest BCUT2D eigenvalue weighted by Crippen LogP contribution is -2.04. The monoisotopic (exact) mass is 395 g/mol. The molecule has 0 unspecified atom stereocenters. The molecule has 0 fully saturated rings. The Morgan fingerprint density at radius 1 is 1.03 bits per heavy atom. The molecule has 0 N–H and O–H groups in total. The lowest BCUT2D eigenvalue weighted by Gasteiger charge is -2.01. The fourth-order valence-corrected chi connectivity index (χ4v) is 3.28. The summed E-state index contributed by atoms with van der Waals surface area (Å²) in [5.41, 5.74) is 5.02. The Bertz CT molecular complexity index is 1340. The van der Waals surface area contributed by atoms with Gasteiger partial charge in [-0.15, -0.1) is 0 Å². The number of benzene rings is 2. The quantitative estimate of drug-likeness (QED) is 0.377. The minimum atomic E-state index is -0.0248. The van der Waals surface area contributed by atoms with Crippen LogP contribution in [0.25, 0.3) is 33.8 Å². The predicted molar refractivity (Wildman–Crippen MR) is 112 cm³/mol. The molecule has 3 aromatic heterocycles. The fourth-order valence-electron chi connectivity index (χ4n) is 3.28. The van der Waals surface area contributed by atoms with Gasteiger partial charge in [0.1, 0.15) is 17.7 Å². The number of aromatic nitrogens is 3. The van der Waals surface area contributed by atoms with Gasteiger partial charge in [-0.2, -0.15) is 0 Å². The number of rotatable bonds is 5. The molecule has 6 nitrogen and oxygen atoms in total. The van der Waals surface area contributed by atoms with Crippen LogP contribution in [0.5, 0.6) is 0 Å². The van der Waals surface area contributed by atoms with Crippen LogP contribution in [-0.2, 0) is 6.42 Å². The van der Waals surface area contributed by atoms with Crippen LogP contribution in [0, 0.1) is 6.92 Å². The van der Waals surface area contributed by atoms with E-state index in [1.54, 1.807) is 30.7 Å². The van der Waals surface area contributed by atoms with Gasteiger partial charge in [0.15, 0.2) is 11.4 Å². The third kappa shape index (κ3) is 3.39. The predicted octanol–water partition coefficient (Wildman–Crippen LogP) is 5.28. The molecule has 5 aromatic rings. The van der Waals surface area contributed by atoms with Crippen molar-refractivity contribution in [2.24, 2.45) is 0 Å². The minimum absolute atomic E-state index is 0.0248. The van der Waals surface area contributed by atoms with Crippen molar-refractivity contribution in [1.29, 1.82) is 0 Å². The summed E-state index contributed by atoms with van der Waals surface area (Å²) in [6.07, 6.45) is 3.46. The second kappa shape index (κ2) is 7.40. The Kier molecular flexibility index (Phi) is 4.44. The topological polar surface area (TPSA) is 82.0 Å². The van der Waals surface area contributed by atoms with E-state index in [0.29, 0.717) is 33.8 Å². The van der Waals surface area contributed by atoms with E-state index in [1.807, 2.05) is 49.4 Å². The summed E-state index contributed by atoms with van der Waals surface area (Å²) in [5.74, 6) is 0.479. The van der Waals surface area contributed by atoms with E-state index in [-0.39, 0.29) is 12.2 Å². The summed E-state index contributed by atoms with van der Waals surface area (Å²) < 4.78 is 11.1. The van der Waals surface area contributed by atoms with Crippen molar-refractivity contribution in [2.45, 2.75) is 13.3 Å². The Balaban J connectivity index is 1.48. The lowest BCUT2D eigenvalue weighted by molar-refractivity contribution is 0.0992. The van der Waals surface area contributed by atoms with Crippen LogP contribution in [0.3, 0.4) is 0 Å². The molecule has 0 saturated heterocycles. The number of Topliss-reactive ketones (excluding diaryl/α,β-unsaturated/α-hetero) is 1. The normalized spacial score (nSPS) is 11.1. The highest BCUT2D eigenvalue weighted by molar-refractivity contribution is 6.02. The van der Waals surface area contributed by atoms with Gasteiger partial charge in [0, 0.05) is 23.0 Å². The summed E-state index contributed by atoms with van der Waals surface area (Å²) in [6.45, 7) is 2.03. The summed E-state index contributed by atoms with van der Waals surface area (Å²) in [6, 6.07) is 18.7. The molecular weight excluding hydrogens is 378 g/mol. The van der Waals surface area contributed by atoms with Gasteiger partial charge >= 0.3 is 0 Å². The Labute approximate surface area is 172 Å². The van der Waals surface area contributed by atoms with Crippen LogP contribution in [0.15, 0.2) is 82.1 Å². The molecule has 6 heteroatoms. The number of carbonyl (C=O) groups excluding carboxylic acids is 1. The van der Waals surface area contributed by atoms with E-state index >= 15 is 0 Å². The van der Waals surface area contributed by atoms with Crippen molar-refractivity contribution < 1.29 is 13.7 Å². The summed E-state index contributed by atoms with van der Waals surface area (Å²) in [7, 11) is 0. The van der Waals surface area contributed by atoms with E-state index in [1.165, 1.54) is 0 Å². The lowest BCUT2D eigenvalue weighted by atomic mass is 10.0. The van der Waals surface area contributed by atoms with Gasteiger partial charge in [0.2, 0.25) is 5.89 Å². The highest BCUT2D eigenvalue weighted by Gasteiger charge is 2.18. The molecule has 3 heterocycles. The number of ketones is 1. The van der Waals surface area contributed by atoms with Gasteiger partial charge in [-0.05, 0) is 49.4 Å². The number of hydrogen-bond donors (Lipinski definition) is 0. The minimum Gasteiger partial charge on any atom is -0.444 e. The zero-order chi connectivity index (χ0) is 20.5. The first-order valence-electron chi connectivity index (χ1n) is 9.53. The van der Waals surface area contributed by atoms with Crippen molar-refractivity contribution in [3.8, 4) is 22.8 Å². The van der Waals surface area contributed by atoms with Gasteiger partial charge in [-0.1, -0.05) is 28.9 Å². The first-order chi connectivity index (χ1) is 14.7. The van der Waals surface area contributed by atoms with E-state index in [4.69, 9.17) is 8.94 Å². The number of hydrogen-bond acceptors (Lipinski definition) is 6. The molecule has 5 rings (SSSR count). The van der Waals surface area contributed by atoms with Gasteiger partial charge < -0.3 is 8.94 Å². The highest BCUT2D eigenvalue weighted by atomic mass is 16.5. The molecule has 0 bridgehead atoms. The third-order valence-electron chi connectivity index (χ3n) is 4.91. The molecule has 0 amide bonds. The molecule has 30 heavy (non-hydrogen) atoms. The molecule has 0 spiro atoms. The van der Waals surface area contributed by atoms with E-state index in [9.17, 15) is 4.79 Å². The summed E-state index contributed by atoms with van der Waals surface area (Å²) in [4.78, 5) is 21.5. The van der Waals surface area contributed by atoms with Crippen LogP contribution in [0.2, 0.25) is 0 Å². The van der Waals surface area contributed by atoms with Crippen LogP contribution in [0.1, 0.15) is 21.6 Å². The van der Waals surface area contributed by atoms with E-state index < -0.39 is 0 Å². The standard InChI is InChI=1S/C24H17N3O3/c1-15-5-7-16(8-6-15)24-26-20(14-29-24)23-19-12-17(9-10-22(19)30-27-23)21(28)13-18-4-2-3-11-25-18/h2-12,14H,13H2,1H3. The summed E-state index contributed by atoms with van der Waals surface area (Å²) >= 11 is 0. The first-order valence-corrected chi connectivity index (χ1v) is 9.53. The zero-order valence-corrected chi connectivity index (χ0v) is 16.2. The van der Waals surface area contributed by atoms with Crippen molar-refractivity contribution >= 4 is 16.8 Å². The maximum absolute atomic E-state index is 12.7. The maximum Gasteiger partial charge on any atom is 0.226 e. The first kappa shape index (κ1) is 18.0. The molecule has 146 valence electrons. The average molecular weight is 395 g/mol. The average Bonchev–Trinajstić information content (AvgIpc) is 3.41. The van der Waals surface area contributed by atoms with Crippen LogP contribution < -0.4 is 0 Å². The molecule has 0 aliphatic heterocycles. The largest absolute Gasteiger partial charge is 0.444 e. The van der Waals surface area contributed by atoms with Crippen LogP contribution in [0.4, 0.5) is 0 Å². The van der Waals surface area contributed by atoms with Crippen LogP contribution in [-0.4, -0.2) is 20.9 Å². The number of fused-ring (bicyclic) bond motifs is 1. The molecule has 0 atom stereocenters. The van der Waals surface area contributed by atoms with Gasteiger partial charge in [0.05, 0.1) is 11.8 Å². The Morgan fingerprint density at radius 3 is 2.70 bits per heavy atom. The number of pyridine rings is 1. The molecule has 0 saturated carbocycles.